The predicted octanol–water partition coefficient (Wildman–Crippen LogP) is 1.03. The first-order chi connectivity index (χ1) is 10.3. The van der Waals surface area contributed by atoms with Crippen molar-refractivity contribution >= 4 is 15.9 Å². The number of rotatable bonds is 4. The van der Waals surface area contributed by atoms with Crippen molar-refractivity contribution in [2.75, 3.05) is 13.1 Å². The molecule has 0 spiro atoms. The summed E-state index contributed by atoms with van der Waals surface area (Å²) in [5.41, 5.74) is 0.226. The minimum absolute atomic E-state index is 0.0689. The maximum atomic E-state index is 12.5. The average molecular weight is 327 g/mol. The highest BCUT2D eigenvalue weighted by atomic mass is 32.2. The van der Waals surface area contributed by atoms with E-state index in [0.717, 1.165) is 11.0 Å². The summed E-state index contributed by atoms with van der Waals surface area (Å²) in [5, 5.41) is 6.95. The van der Waals surface area contributed by atoms with Crippen molar-refractivity contribution in [2.24, 2.45) is 0 Å². The number of sulfone groups is 1. The third-order valence-corrected chi connectivity index (χ3v) is 4.97. The Morgan fingerprint density at radius 3 is 2.45 bits per heavy atom. The Morgan fingerprint density at radius 2 is 1.95 bits per heavy atom. The van der Waals surface area contributed by atoms with Crippen molar-refractivity contribution in [3.8, 4) is 0 Å². The fourth-order valence-corrected chi connectivity index (χ4v) is 3.46. The fourth-order valence-electron chi connectivity index (χ4n) is 2.05. The van der Waals surface area contributed by atoms with Gasteiger partial charge in [-0.3, -0.25) is 0 Å². The van der Waals surface area contributed by atoms with Crippen LogP contribution < -0.4 is 0 Å². The van der Waals surface area contributed by atoms with E-state index in [1.54, 1.807) is 0 Å². The van der Waals surface area contributed by atoms with E-state index in [0.29, 0.717) is 13.1 Å². The zero-order valence-electron chi connectivity index (χ0n) is 12.8. The lowest BCUT2D eigenvalue weighted by Gasteiger charge is -2.17. The Morgan fingerprint density at radius 1 is 1.32 bits per heavy atom. The molecule has 2 rings (SSSR count). The lowest BCUT2D eigenvalue weighted by atomic mass is 10.4. The molecule has 0 saturated heterocycles. The molecule has 10 heteroatoms. The zero-order valence-corrected chi connectivity index (χ0v) is 13.6. The topological polar surface area (TPSA) is 111 Å². The number of carbonyl (C=O) groups is 1. The molecular weight excluding hydrogens is 310 g/mol. The summed E-state index contributed by atoms with van der Waals surface area (Å²) in [6.07, 6.45) is 1.09. The van der Waals surface area contributed by atoms with Gasteiger partial charge in [0.25, 0.3) is 5.16 Å². The predicted molar refractivity (Wildman–Crippen MR) is 75.2 cm³/mol. The summed E-state index contributed by atoms with van der Waals surface area (Å²) in [4.78, 5) is 17.3. The van der Waals surface area contributed by atoms with Crippen molar-refractivity contribution in [2.45, 2.75) is 37.7 Å². The van der Waals surface area contributed by atoms with Crippen LogP contribution in [0.1, 0.15) is 25.3 Å². The molecule has 1 amide bonds. The Bertz CT molecular complexity index is 769. The van der Waals surface area contributed by atoms with Crippen molar-refractivity contribution < 1.29 is 17.7 Å². The van der Waals surface area contributed by atoms with E-state index < -0.39 is 21.0 Å². The number of aryl methyl sites for hydroxylation is 2. The number of aromatic nitrogens is 4. The van der Waals surface area contributed by atoms with Gasteiger partial charge in [0.1, 0.15) is 11.2 Å². The summed E-state index contributed by atoms with van der Waals surface area (Å²) in [6.45, 7) is 7.62. The molecular formula is C12H17N5O4S. The van der Waals surface area contributed by atoms with Gasteiger partial charge < -0.3 is 9.42 Å². The van der Waals surface area contributed by atoms with E-state index in [1.165, 1.54) is 18.7 Å². The van der Waals surface area contributed by atoms with E-state index in [4.69, 9.17) is 4.52 Å². The Kier molecular flexibility index (Phi) is 4.31. The van der Waals surface area contributed by atoms with Gasteiger partial charge in [-0.25, -0.2) is 18.2 Å². The van der Waals surface area contributed by atoms with Crippen molar-refractivity contribution in [3.63, 3.8) is 0 Å². The zero-order chi connectivity index (χ0) is 16.5. The van der Waals surface area contributed by atoms with Gasteiger partial charge in [0.2, 0.25) is 9.84 Å². The molecule has 0 aliphatic rings. The summed E-state index contributed by atoms with van der Waals surface area (Å²) in [6, 6.07) is -0.433. The first-order valence-corrected chi connectivity index (χ1v) is 8.20. The summed E-state index contributed by atoms with van der Waals surface area (Å²) >= 11 is 0. The highest BCUT2D eigenvalue weighted by molar-refractivity contribution is 7.91. The number of hydrogen-bond acceptors (Lipinski definition) is 7. The molecule has 0 saturated carbocycles. The maximum absolute atomic E-state index is 12.5. The monoisotopic (exact) mass is 327 g/mol. The molecule has 2 aromatic rings. The molecule has 9 nitrogen and oxygen atoms in total. The SMILES string of the molecule is CCN(CC)C(=O)n1cnc(S(=O)(=O)c2c(C)noc2C)n1. The van der Waals surface area contributed by atoms with Gasteiger partial charge in [-0.05, 0) is 27.7 Å². The van der Waals surface area contributed by atoms with Crippen LogP contribution in [0.3, 0.4) is 0 Å². The van der Waals surface area contributed by atoms with E-state index in [1.807, 2.05) is 13.8 Å². The maximum Gasteiger partial charge on any atom is 0.346 e. The van der Waals surface area contributed by atoms with Crippen molar-refractivity contribution in [1.29, 1.82) is 0 Å². The van der Waals surface area contributed by atoms with Gasteiger partial charge in [-0.15, -0.1) is 5.10 Å². The number of amides is 1. The van der Waals surface area contributed by atoms with E-state index in [2.05, 4.69) is 15.2 Å². The largest absolute Gasteiger partial charge is 0.360 e. The van der Waals surface area contributed by atoms with E-state index in [-0.39, 0.29) is 16.3 Å². The molecule has 0 aliphatic carbocycles. The van der Waals surface area contributed by atoms with Gasteiger partial charge in [-0.2, -0.15) is 4.68 Å². The summed E-state index contributed by atoms with van der Waals surface area (Å²) in [7, 11) is -3.98. The molecule has 0 fully saturated rings. The molecule has 0 unspecified atom stereocenters. The van der Waals surface area contributed by atoms with Crippen LogP contribution in [-0.4, -0.2) is 52.4 Å². The third-order valence-electron chi connectivity index (χ3n) is 3.18. The lowest BCUT2D eigenvalue weighted by molar-refractivity contribution is 0.201. The first kappa shape index (κ1) is 16.1. The number of carbonyl (C=O) groups excluding carboxylic acids is 1. The van der Waals surface area contributed by atoms with Crippen LogP contribution >= 0.6 is 0 Å². The van der Waals surface area contributed by atoms with Crippen LogP contribution in [0.5, 0.6) is 0 Å². The normalized spacial score (nSPS) is 11.6. The number of nitrogens with zero attached hydrogens (tertiary/aromatic N) is 5. The molecule has 0 N–H and O–H groups in total. The Balaban J connectivity index is 2.42. The van der Waals surface area contributed by atoms with Crippen LogP contribution in [0.25, 0.3) is 0 Å². The minimum Gasteiger partial charge on any atom is -0.360 e. The van der Waals surface area contributed by atoms with Crippen LogP contribution in [0, 0.1) is 13.8 Å². The van der Waals surface area contributed by atoms with Crippen LogP contribution in [-0.2, 0) is 9.84 Å². The van der Waals surface area contributed by atoms with E-state index >= 15 is 0 Å². The van der Waals surface area contributed by atoms with Crippen molar-refractivity contribution in [1.82, 2.24) is 24.8 Å². The smallest absolute Gasteiger partial charge is 0.346 e. The molecule has 0 aromatic carbocycles. The fraction of sp³-hybridized carbons (Fsp3) is 0.500. The Labute approximate surface area is 127 Å². The first-order valence-electron chi connectivity index (χ1n) is 6.71. The lowest BCUT2D eigenvalue weighted by Crippen LogP contribution is -2.34. The Hall–Kier alpha value is -2.23. The molecule has 0 atom stereocenters. The standard InChI is InChI=1S/C12H17N5O4S/c1-5-16(6-2)12(18)17-7-13-11(14-17)22(19,20)10-8(3)15-21-9(10)4/h7H,5-6H2,1-4H3. The molecule has 2 aromatic heterocycles. The highest BCUT2D eigenvalue weighted by Crippen LogP contribution is 2.24. The second-order valence-electron chi connectivity index (χ2n) is 4.58. The quantitative estimate of drug-likeness (QED) is 0.824. The van der Waals surface area contributed by atoms with Crippen LogP contribution in [0.2, 0.25) is 0 Å². The molecule has 0 radical (unpaired) electrons. The van der Waals surface area contributed by atoms with Gasteiger partial charge >= 0.3 is 6.03 Å². The van der Waals surface area contributed by atoms with Crippen molar-refractivity contribution in [3.05, 3.63) is 17.8 Å². The molecule has 22 heavy (non-hydrogen) atoms. The van der Waals surface area contributed by atoms with Gasteiger partial charge in [0.15, 0.2) is 5.76 Å². The second-order valence-corrected chi connectivity index (χ2v) is 6.36. The summed E-state index contributed by atoms with van der Waals surface area (Å²) in [5.74, 6) is 0.156. The average Bonchev–Trinajstić information content (AvgIpc) is 3.08. The van der Waals surface area contributed by atoms with Gasteiger partial charge in [0.05, 0.1) is 5.69 Å². The molecule has 0 aliphatic heterocycles. The van der Waals surface area contributed by atoms with Gasteiger partial charge in [-0.1, -0.05) is 5.16 Å². The number of hydrogen-bond donors (Lipinski definition) is 0. The molecule has 120 valence electrons. The molecule has 0 bridgehead atoms. The second kappa shape index (κ2) is 5.87. The summed E-state index contributed by atoms with van der Waals surface area (Å²) < 4.78 is 30.8. The highest BCUT2D eigenvalue weighted by Gasteiger charge is 2.30. The third kappa shape index (κ3) is 2.61. The van der Waals surface area contributed by atoms with Gasteiger partial charge in [0, 0.05) is 13.1 Å². The molecule has 2 heterocycles. The van der Waals surface area contributed by atoms with Crippen LogP contribution in [0.15, 0.2) is 20.9 Å². The van der Waals surface area contributed by atoms with E-state index in [9.17, 15) is 13.2 Å². The van der Waals surface area contributed by atoms with Crippen LogP contribution in [0.4, 0.5) is 4.79 Å². The minimum atomic E-state index is -3.98.